The Morgan fingerprint density at radius 1 is 1.44 bits per heavy atom. The van der Waals surface area contributed by atoms with Crippen molar-refractivity contribution < 1.29 is 5.11 Å². The highest BCUT2D eigenvalue weighted by Gasteiger charge is 2.32. The Balaban J connectivity index is 3.01. The maximum absolute atomic E-state index is 10.7. The van der Waals surface area contributed by atoms with E-state index in [9.17, 15) is 5.11 Å². The van der Waals surface area contributed by atoms with E-state index in [2.05, 4.69) is 16.9 Å². The van der Waals surface area contributed by atoms with Gasteiger partial charge in [0.2, 0.25) is 0 Å². The van der Waals surface area contributed by atoms with Gasteiger partial charge in [-0.2, -0.15) is 5.10 Å². The Morgan fingerprint density at radius 2 is 2.11 bits per heavy atom. The van der Waals surface area contributed by atoms with Crippen LogP contribution in [0.15, 0.2) is 6.20 Å². The number of nitrogens with zero attached hydrogens (tertiary/aromatic N) is 3. The fourth-order valence-electron chi connectivity index (χ4n) is 2.17. The number of likely N-dealkylation sites (N-methyl/N-ethyl adjacent to an activating group) is 1. The van der Waals surface area contributed by atoms with E-state index >= 15 is 0 Å². The Hall–Kier alpha value is -0.580. The molecule has 1 heterocycles. The molecular weight excluding hydrogens is 250 g/mol. The van der Waals surface area contributed by atoms with Crippen LogP contribution in [0, 0.1) is 0 Å². The van der Waals surface area contributed by atoms with Crippen molar-refractivity contribution in [3.63, 3.8) is 0 Å². The number of halogens is 1. The molecule has 0 saturated heterocycles. The Labute approximate surface area is 115 Å². The molecule has 0 radical (unpaired) electrons. The van der Waals surface area contributed by atoms with Gasteiger partial charge in [0.05, 0.1) is 23.5 Å². The second-order valence-electron chi connectivity index (χ2n) is 5.00. The number of hydrogen-bond donors (Lipinski definition) is 1. The minimum atomic E-state index is -0.866. The van der Waals surface area contributed by atoms with E-state index in [0.29, 0.717) is 17.9 Å². The third-order valence-corrected chi connectivity index (χ3v) is 3.52. The van der Waals surface area contributed by atoms with E-state index in [1.807, 2.05) is 25.7 Å². The van der Waals surface area contributed by atoms with Gasteiger partial charge < -0.3 is 10.0 Å². The number of aliphatic hydroxyl groups is 1. The summed E-state index contributed by atoms with van der Waals surface area (Å²) >= 11 is 6.20. The molecule has 0 aromatic carbocycles. The maximum atomic E-state index is 10.7. The summed E-state index contributed by atoms with van der Waals surface area (Å²) in [5.74, 6) is 0. The van der Waals surface area contributed by atoms with Crippen molar-refractivity contribution in [1.29, 1.82) is 0 Å². The van der Waals surface area contributed by atoms with Gasteiger partial charge in [0, 0.05) is 6.54 Å². The van der Waals surface area contributed by atoms with Crippen molar-refractivity contribution in [1.82, 2.24) is 14.7 Å². The van der Waals surface area contributed by atoms with E-state index in [1.54, 1.807) is 6.20 Å². The van der Waals surface area contributed by atoms with Crippen LogP contribution < -0.4 is 0 Å². The van der Waals surface area contributed by atoms with Gasteiger partial charge in [-0.25, -0.2) is 0 Å². The van der Waals surface area contributed by atoms with Crippen LogP contribution in [0.4, 0.5) is 0 Å². The van der Waals surface area contributed by atoms with Crippen LogP contribution in [0.2, 0.25) is 5.02 Å². The van der Waals surface area contributed by atoms with Crippen LogP contribution in [0.5, 0.6) is 0 Å². The highest BCUT2D eigenvalue weighted by Crippen LogP contribution is 2.34. The third-order valence-electron chi connectivity index (χ3n) is 3.24. The van der Waals surface area contributed by atoms with Crippen LogP contribution in [0.3, 0.4) is 0 Å². The lowest BCUT2D eigenvalue weighted by Crippen LogP contribution is -2.30. The summed E-state index contributed by atoms with van der Waals surface area (Å²) in [4.78, 5) is 2.09. The van der Waals surface area contributed by atoms with E-state index in [4.69, 9.17) is 11.6 Å². The van der Waals surface area contributed by atoms with Crippen LogP contribution in [-0.4, -0.2) is 40.4 Å². The molecule has 4 nitrogen and oxygen atoms in total. The van der Waals surface area contributed by atoms with Crippen molar-refractivity contribution in [3.05, 3.63) is 16.9 Å². The predicted octanol–water partition coefficient (Wildman–Crippen LogP) is 2.50. The molecule has 0 aliphatic rings. The highest BCUT2D eigenvalue weighted by molar-refractivity contribution is 6.31. The summed E-state index contributed by atoms with van der Waals surface area (Å²) in [7, 11) is 4.03. The molecule has 1 aromatic heterocycles. The lowest BCUT2D eigenvalue weighted by Gasteiger charge is -2.28. The van der Waals surface area contributed by atoms with E-state index < -0.39 is 5.60 Å². The minimum Gasteiger partial charge on any atom is -0.384 e. The lowest BCUT2D eigenvalue weighted by molar-refractivity contribution is 0.0135. The number of hydrogen-bond acceptors (Lipinski definition) is 3. The summed E-state index contributed by atoms with van der Waals surface area (Å²) in [6, 6.07) is 0. The molecule has 1 unspecified atom stereocenters. The van der Waals surface area contributed by atoms with Crippen molar-refractivity contribution in [2.75, 3.05) is 20.6 Å². The zero-order valence-corrected chi connectivity index (χ0v) is 12.5. The van der Waals surface area contributed by atoms with Gasteiger partial charge in [0.15, 0.2) is 0 Å². The lowest BCUT2D eigenvalue weighted by atomic mass is 9.91. The zero-order chi connectivity index (χ0) is 13.8. The summed E-state index contributed by atoms with van der Waals surface area (Å²) in [6.45, 7) is 5.66. The van der Waals surface area contributed by atoms with E-state index in [0.717, 1.165) is 25.2 Å². The molecule has 0 saturated carbocycles. The first-order chi connectivity index (χ1) is 8.44. The second kappa shape index (κ2) is 6.55. The highest BCUT2D eigenvalue weighted by atomic mass is 35.5. The molecule has 0 amide bonds. The average molecular weight is 274 g/mol. The minimum absolute atomic E-state index is 0.562. The fourth-order valence-corrected chi connectivity index (χ4v) is 2.48. The summed E-state index contributed by atoms with van der Waals surface area (Å²) in [6.07, 6.45) is 3.90. The van der Waals surface area contributed by atoms with Crippen molar-refractivity contribution in [3.8, 4) is 0 Å². The van der Waals surface area contributed by atoms with E-state index in [1.165, 1.54) is 0 Å². The molecule has 1 rings (SSSR count). The van der Waals surface area contributed by atoms with Gasteiger partial charge >= 0.3 is 0 Å². The fraction of sp³-hybridized carbons (Fsp3) is 0.769. The van der Waals surface area contributed by atoms with Gasteiger partial charge in [-0.05, 0) is 26.9 Å². The quantitative estimate of drug-likeness (QED) is 0.830. The third kappa shape index (κ3) is 3.46. The molecule has 104 valence electrons. The van der Waals surface area contributed by atoms with Gasteiger partial charge in [0.25, 0.3) is 0 Å². The summed E-state index contributed by atoms with van der Waals surface area (Å²) in [5, 5.41) is 15.6. The van der Waals surface area contributed by atoms with E-state index in [-0.39, 0.29) is 0 Å². The first kappa shape index (κ1) is 15.5. The largest absolute Gasteiger partial charge is 0.384 e. The Bertz CT molecular complexity index is 378. The molecule has 5 heteroatoms. The summed E-state index contributed by atoms with van der Waals surface area (Å²) < 4.78 is 1.83. The SMILES string of the molecule is CCCC(O)(CC)c1c(Cl)cnn1CCN(C)C. The standard InChI is InChI=1S/C13H24ClN3O/c1-5-7-13(18,6-2)12-11(14)10-15-17(12)9-8-16(3)4/h10,18H,5-9H2,1-4H3. The van der Waals surface area contributed by atoms with Crippen LogP contribution >= 0.6 is 11.6 Å². The van der Waals surface area contributed by atoms with Crippen LogP contribution in [0.25, 0.3) is 0 Å². The Kier molecular flexibility index (Phi) is 5.63. The van der Waals surface area contributed by atoms with Crippen LogP contribution in [-0.2, 0) is 12.1 Å². The topological polar surface area (TPSA) is 41.3 Å². The molecule has 0 aliphatic carbocycles. The molecule has 0 bridgehead atoms. The monoisotopic (exact) mass is 273 g/mol. The van der Waals surface area contributed by atoms with Gasteiger partial charge in [-0.1, -0.05) is 31.9 Å². The molecule has 0 aliphatic heterocycles. The molecule has 1 aromatic rings. The van der Waals surface area contributed by atoms with Gasteiger partial charge in [-0.15, -0.1) is 0 Å². The first-order valence-electron chi connectivity index (χ1n) is 6.53. The van der Waals surface area contributed by atoms with Crippen molar-refractivity contribution in [2.24, 2.45) is 0 Å². The number of aromatic nitrogens is 2. The summed E-state index contributed by atoms with van der Waals surface area (Å²) in [5.41, 5.74) is -0.107. The molecule has 1 N–H and O–H groups in total. The predicted molar refractivity (Wildman–Crippen MR) is 74.9 cm³/mol. The smallest absolute Gasteiger partial charge is 0.107 e. The molecule has 18 heavy (non-hydrogen) atoms. The normalized spacial score (nSPS) is 15.1. The van der Waals surface area contributed by atoms with Crippen molar-refractivity contribution in [2.45, 2.75) is 45.3 Å². The second-order valence-corrected chi connectivity index (χ2v) is 5.41. The van der Waals surface area contributed by atoms with Gasteiger partial charge in [-0.3, -0.25) is 4.68 Å². The molecule has 0 spiro atoms. The first-order valence-corrected chi connectivity index (χ1v) is 6.91. The Morgan fingerprint density at radius 3 is 2.61 bits per heavy atom. The molecule has 0 fully saturated rings. The van der Waals surface area contributed by atoms with Gasteiger partial charge in [0.1, 0.15) is 5.60 Å². The zero-order valence-electron chi connectivity index (χ0n) is 11.8. The molecule has 1 atom stereocenters. The molecular formula is C13H24ClN3O. The van der Waals surface area contributed by atoms with Crippen molar-refractivity contribution >= 4 is 11.6 Å². The maximum Gasteiger partial charge on any atom is 0.107 e. The number of rotatable bonds is 7. The van der Waals surface area contributed by atoms with Crippen LogP contribution in [0.1, 0.15) is 38.8 Å². The average Bonchev–Trinajstić information content (AvgIpc) is 2.68.